The van der Waals surface area contributed by atoms with Crippen LogP contribution in [0.15, 0.2) is 47.8 Å². The highest BCUT2D eigenvalue weighted by molar-refractivity contribution is 7.12. The highest BCUT2D eigenvalue weighted by Crippen LogP contribution is 2.24. The number of hydrogen-bond acceptors (Lipinski definition) is 5. The Morgan fingerprint density at radius 2 is 1.70 bits per heavy atom. The summed E-state index contributed by atoms with van der Waals surface area (Å²) in [6.07, 6.45) is 0.877. The number of rotatable bonds is 5. The SMILES string of the molecule is O=C(NC1CCN(C(=O)OCc2cc(Cl)cc(Cl)c2)CC1)c1nc(-c2ccc(Cl)cc2)cs1. The van der Waals surface area contributed by atoms with Crippen LogP contribution >= 0.6 is 46.1 Å². The molecule has 0 atom stereocenters. The van der Waals surface area contributed by atoms with Gasteiger partial charge in [0.2, 0.25) is 0 Å². The molecule has 0 spiro atoms. The number of amides is 2. The van der Waals surface area contributed by atoms with E-state index in [-0.39, 0.29) is 18.6 Å². The van der Waals surface area contributed by atoms with Crippen molar-refractivity contribution in [1.29, 1.82) is 0 Å². The molecule has 0 aliphatic carbocycles. The van der Waals surface area contributed by atoms with Gasteiger partial charge >= 0.3 is 6.09 Å². The minimum Gasteiger partial charge on any atom is -0.445 e. The molecule has 172 valence electrons. The Labute approximate surface area is 210 Å². The maximum atomic E-state index is 12.6. The molecular weight excluding hydrogens is 505 g/mol. The van der Waals surface area contributed by atoms with Crippen molar-refractivity contribution in [2.75, 3.05) is 13.1 Å². The van der Waals surface area contributed by atoms with Gasteiger partial charge in [-0.05, 0) is 48.7 Å². The first-order valence-corrected chi connectivity index (χ1v) is 12.3. The number of aromatic nitrogens is 1. The molecule has 4 rings (SSSR count). The van der Waals surface area contributed by atoms with Gasteiger partial charge in [-0.15, -0.1) is 11.3 Å². The van der Waals surface area contributed by atoms with Crippen LogP contribution in [0, 0.1) is 0 Å². The largest absolute Gasteiger partial charge is 0.445 e. The van der Waals surface area contributed by atoms with Gasteiger partial charge in [-0.2, -0.15) is 0 Å². The Hall–Kier alpha value is -2.32. The van der Waals surface area contributed by atoms with E-state index in [2.05, 4.69) is 10.3 Å². The zero-order valence-corrected chi connectivity index (χ0v) is 20.5. The average Bonchev–Trinajstić information content (AvgIpc) is 3.28. The monoisotopic (exact) mass is 523 g/mol. The Balaban J connectivity index is 1.24. The number of likely N-dealkylation sites (tertiary alicyclic amines) is 1. The van der Waals surface area contributed by atoms with Gasteiger partial charge in [-0.25, -0.2) is 9.78 Å². The van der Waals surface area contributed by atoms with Crippen molar-refractivity contribution >= 4 is 58.1 Å². The molecule has 1 aromatic heterocycles. The van der Waals surface area contributed by atoms with Gasteiger partial charge in [-0.3, -0.25) is 4.79 Å². The summed E-state index contributed by atoms with van der Waals surface area (Å²) in [5.41, 5.74) is 2.37. The standard InChI is InChI=1S/C23H20Cl3N3O3S/c24-16-3-1-15(2-4-16)20-13-33-22(28-20)21(30)27-19-5-7-29(8-6-19)23(31)32-12-14-9-17(25)11-18(26)10-14/h1-4,9-11,13,19H,5-8,12H2,(H,27,30). The summed E-state index contributed by atoms with van der Waals surface area (Å²) in [5, 5.41) is 6.91. The summed E-state index contributed by atoms with van der Waals surface area (Å²) in [6, 6.07) is 12.3. The molecule has 6 nitrogen and oxygen atoms in total. The molecule has 33 heavy (non-hydrogen) atoms. The third-order valence-electron chi connectivity index (χ3n) is 5.21. The van der Waals surface area contributed by atoms with E-state index in [1.54, 1.807) is 35.2 Å². The number of ether oxygens (including phenoxy) is 1. The maximum absolute atomic E-state index is 12.6. The summed E-state index contributed by atoms with van der Waals surface area (Å²) >= 11 is 19.2. The van der Waals surface area contributed by atoms with Crippen molar-refractivity contribution in [3.05, 3.63) is 73.5 Å². The van der Waals surface area contributed by atoms with Crippen LogP contribution in [-0.2, 0) is 11.3 Å². The second-order valence-corrected chi connectivity index (χ2v) is 9.78. The first-order valence-electron chi connectivity index (χ1n) is 10.3. The molecule has 0 bridgehead atoms. The number of carbonyl (C=O) groups excluding carboxylic acids is 2. The maximum Gasteiger partial charge on any atom is 0.410 e. The molecule has 0 saturated carbocycles. The Kier molecular flexibility index (Phi) is 7.75. The Bertz CT molecular complexity index is 1130. The zero-order valence-electron chi connectivity index (χ0n) is 17.4. The molecule has 0 radical (unpaired) electrons. The van der Waals surface area contributed by atoms with E-state index in [4.69, 9.17) is 39.5 Å². The summed E-state index contributed by atoms with van der Waals surface area (Å²) in [4.78, 5) is 31.1. The third kappa shape index (κ3) is 6.38. The van der Waals surface area contributed by atoms with Crippen LogP contribution < -0.4 is 5.32 Å². The molecule has 3 aromatic rings. The van der Waals surface area contributed by atoms with Gasteiger partial charge < -0.3 is 15.0 Å². The third-order valence-corrected chi connectivity index (χ3v) is 6.74. The molecule has 2 heterocycles. The lowest BCUT2D eigenvalue weighted by Crippen LogP contribution is -2.46. The van der Waals surface area contributed by atoms with Crippen LogP contribution in [0.25, 0.3) is 11.3 Å². The predicted octanol–water partition coefficient (Wildman–Crippen LogP) is 6.30. The highest BCUT2D eigenvalue weighted by Gasteiger charge is 2.26. The molecule has 1 saturated heterocycles. The minimum atomic E-state index is -0.400. The zero-order chi connectivity index (χ0) is 23.4. The molecule has 1 aliphatic heterocycles. The average molecular weight is 525 g/mol. The van der Waals surface area contributed by atoms with Crippen LogP contribution in [0.3, 0.4) is 0 Å². The van der Waals surface area contributed by atoms with Crippen molar-refractivity contribution in [1.82, 2.24) is 15.2 Å². The van der Waals surface area contributed by atoms with Gasteiger partial charge in [0, 0.05) is 45.1 Å². The highest BCUT2D eigenvalue weighted by atomic mass is 35.5. The number of carbonyl (C=O) groups is 2. The van der Waals surface area contributed by atoms with Crippen molar-refractivity contribution in [2.45, 2.75) is 25.5 Å². The lowest BCUT2D eigenvalue weighted by Gasteiger charge is -2.31. The first-order chi connectivity index (χ1) is 15.9. The van der Waals surface area contributed by atoms with E-state index in [1.807, 2.05) is 17.5 Å². The molecule has 1 aliphatic rings. The minimum absolute atomic E-state index is 0.0313. The second-order valence-electron chi connectivity index (χ2n) is 7.61. The van der Waals surface area contributed by atoms with Gasteiger partial charge in [0.1, 0.15) is 6.61 Å². The van der Waals surface area contributed by atoms with Gasteiger partial charge in [-0.1, -0.05) is 46.9 Å². The van der Waals surface area contributed by atoms with Crippen LogP contribution in [0.2, 0.25) is 15.1 Å². The van der Waals surface area contributed by atoms with Gasteiger partial charge in [0.05, 0.1) is 5.69 Å². The molecule has 1 fully saturated rings. The van der Waals surface area contributed by atoms with Crippen molar-refractivity contribution in [3.63, 3.8) is 0 Å². The number of thiazole rings is 1. The van der Waals surface area contributed by atoms with Crippen molar-refractivity contribution < 1.29 is 14.3 Å². The fraction of sp³-hybridized carbons (Fsp3) is 0.261. The topological polar surface area (TPSA) is 71.5 Å². The summed E-state index contributed by atoms with van der Waals surface area (Å²) in [5.74, 6) is -0.209. The number of nitrogens with one attached hydrogen (secondary N) is 1. The molecule has 1 N–H and O–H groups in total. The quantitative estimate of drug-likeness (QED) is 0.425. The Morgan fingerprint density at radius 3 is 2.36 bits per heavy atom. The first kappa shape index (κ1) is 23.8. The van der Waals surface area contributed by atoms with E-state index in [1.165, 1.54) is 11.3 Å². The van der Waals surface area contributed by atoms with Gasteiger partial charge in [0.25, 0.3) is 5.91 Å². The lowest BCUT2D eigenvalue weighted by molar-refractivity contribution is 0.0809. The molecular formula is C23H20Cl3N3O3S. The normalized spacial score (nSPS) is 14.2. The number of nitrogens with zero attached hydrogens (tertiary/aromatic N) is 2. The molecule has 2 amide bonds. The molecule has 2 aromatic carbocycles. The smallest absolute Gasteiger partial charge is 0.410 e. The number of halogens is 3. The number of hydrogen-bond donors (Lipinski definition) is 1. The van der Waals surface area contributed by atoms with E-state index in [0.29, 0.717) is 46.0 Å². The number of piperidine rings is 1. The Morgan fingerprint density at radius 1 is 1.03 bits per heavy atom. The second kappa shape index (κ2) is 10.7. The van der Waals surface area contributed by atoms with Crippen LogP contribution in [0.5, 0.6) is 0 Å². The molecule has 0 unspecified atom stereocenters. The van der Waals surface area contributed by atoms with Crippen LogP contribution in [0.4, 0.5) is 4.79 Å². The van der Waals surface area contributed by atoms with Crippen LogP contribution in [-0.4, -0.2) is 41.0 Å². The van der Waals surface area contributed by atoms with E-state index in [0.717, 1.165) is 16.8 Å². The number of benzene rings is 2. The summed E-state index contributed by atoms with van der Waals surface area (Å²) < 4.78 is 5.38. The fourth-order valence-electron chi connectivity index (χ4n) is 3.52. The van der Waals surface area contributed by atoms with Crippen LogP contribution in [0.1, 0.15) is 28.2 Å². The van der Waals surface area contributed by atoms with Crippen molar-refractivity contribution in [3.8, 4) is 11.3 Å². The predicted molar refractivity (Wildman–Crippen MR) is 131 cm³/mol. The lowest BCUT2D eigenvalue weighted by atomic mass is 10.1. The van der Waals surface area contributed by atoms with E-state index >= 15 is 0 Å². The van der Waals surface area contributed by atoms with Crippen molar-refractivity contribution in [2.24, 2.45) is 0 Å². The van der Waals surface area contributed by atoms with E-state index in [9.17, 15) is 9.59 Å². The molecule has 10 heteroatoms. The van der Waals surface area contributed by atoms with Gasteiger partial charge in [0.15, 0.2) is 5.01 Å². The fourth-order valence-corrected chi connectivity index (χ4v) is 4.94. The summed E-state index contributed by atoms with van der Waals surface area (Å²) in [6.45, 7) is 1.08. The summed E-state index contributed by atoms with van der Waals surface area (Å²) in [7, 11) is 0. The van der Waals surface area contributed by atoms with E-state index < -0.39 is 6.09 Å².